The molecule has 0 spiro atoms. The third-order valence-electron chi connectivity index (χ3n) is 5.02. The van der Waals surface area contributed by atoms with Gasteiger partial charge >= 0.3 is 0 Å². The Kier molecular flexibility index (Phi) is 4.93. The molecule has 1 aliphatic rings. The molecule has 0 aliphatic carbocycles. The van der Waals surface area contributed by atoms with Crippen molar-refractivity contribution >= 4 is 23.4 Å². The van der Waals surface area contributed by atoms with Gasteiger partial charge in [-0.15, -0.1) is 10.2 Å². The van der Waals surface area contributed by atoms with Gasteiger partial charge < -0.3 is 9.47 Å². The number of carbonyl (C=O) groups is 1. The molecule has 0 saturated heterocycles. The molecule has 5 nitrogen and oxygen atoms in total. The second-order valence-corrected chi connectivity index (χ2v) is 8.30. The number of aromatic nitrogens is 3. The molecule has 3 aromatic rings. The lowest BCUT2D eigenvalue weighted by Crippen LogP contribution is -2.40. The molecule has 2 heterocycles. The van der Waals surface area contributed by atoms with Gasteiger partial charge in [0.05, 0.1) is 10.8 Å². The summed E-state index contributed by atoms with van der Waals surface area (Å²) in [5.74, 6) is 0.138. The number of amides is 1. The van der Waals surface area contributed by atoms with Gasteiger partial charge in [-0.25, -0.2) is 4.39 Å². The molecule has 0 N–H and O–H groups in total. The summed E-state index contributed by atoms with van der Waals surface area (Å²) in [5.41, 5.74) is 2.57. The Labute approximate surface area is 167 Å². The summed E-state index contributed by atoms with van der Waals surface area (Å²) in [4.78, 5) is 15.0. The average Bonchev–Trinajstić information content (AvgIpc) is 3.21. The van der Waals surface area contributed by atoms with Gasteiger partial charge in [0.2, 0.25) is 5.91 Å². The molecule has 1 amide bonds. The van der Waals surface area contributed by atoms with Crippen LogP contribution in [-0.4, -0.2) is 32.0 Å². The van der Waals surface area contributed by atoms with E-state index in [9.17, 15) is 9.18 Å². The Balaban J connectivity index is 1.56. The molecule has 4 rings (SSSR count). The molecular weight excluding hydrogens is 375 g/mol. The second kappa shape index (κ2) is 7.39. The van der Waals surface area contributed by atoms with Crippen LogP contribution in [0.3, 0.4) is 0 Å². The number of rotatable bonds is 4. The van der Waals surface area contributed by atoms with Crippen LogP contribution in [-0.2, 0) is 18.3 Å². The van der Waals surface area contributed by atoms with E-state index >= 15 is 0 Å². The molecule has 2 aromatic carbocycles. The average molecular weight is 396 g/mol. The number of hydrogen-bond acceptors (Lipinski definition) is 4. The fourth-order valence-electron chi connectivity index (χ4n) is 3.60. The van der Waals surface area contributed by atoms with E-state index in [-0.39, 0.29) is 23.0 Å². The van der Waals surface area contributed by atoms with E-state index in [1.54, 1.807) is 29.8 Å². The Hall–Kier alpha value is -2.67. The van der Waals surface area contributed by atoms with Crippen molar-refractivity contribution in [3.63, 3.8) is 0 Å². The monoisotopic (exact) mass is 396 g/mol. The number of para-hydroxylation sites is 1. The number of benzene rings is 2. The van der Waals surface area contributed by atoms with Crippen molar-refractivity contribution in [2.75, 3.05) is 4.90 Å². The first-order valence-electron chi connectivity index (χ1n) is 9.19. The van der Waals surface area contributed by atoms with Gasteiger partial charge in [-0.3, -0.25) is 4.79 Å². The Morgan fingerprint density at radius 1 is 1.18 bits per heavy atom. The first-order chi connectivity index (χ1) is 13.5. The molecule has 0 fully saturated rings. The predicted octanol–water partition coefficient (Wildman–Crippen LogP) is 4.08. The summed E-state index contributed by atoms with van der Waals surface area (Å²) < 4.78 is 15.8. The van der Waals surface area contributed by atoms with E-state index in [4.69, 9.17) is 0 Å². The van der Waals surface area contributed by atoms with Crippen LogP contribution < -0.4 is 4.90 Å². The third-order valence-corrected chi connectivity index (χ3v) is 6.15. The highest BCUT2D eigenvalue weighted by atomic mass is 32.2. The first-order valence-corrected chi connectivity index (χ1v) is 10.1. The van der Waals surface area contributed by atoms with Crippen molar-refractivity contribution in [2.24, 2.45) is 7.05 Å². The molecule has 1 aromatic heterocycles. The number of carbonyl (C=O) groups excluding carboxylic acids is 1. The van der Waals surface area contributed by atoms with Gasteiger partial charge in [0.25, 0.3) is 0 Å². The lowest BCUT2D eigenvalue weighted by molar-refractivity contribution is -0.118. The standard InChI is InChI=1S/C21H21FN4OS/c1-13-12-15-8-4-7-11-18(15)26(13)20(27)14(2)28-21-24-23-19(25(21)3)16-9-5-6-10-17(16)22/h4-11,13-14H,12H2,1-3H3/t13-,14-/m1/s1. The summed E-state index contributed by atoms with van der Waals surface area (Å²) in [5, 5.41) is 8.56. The molecule has 0 radical (unpaired) electrons. The van der Waals surface area contributed by atoms with Crippen LogP contribution in [0.2, 0.25) is 0 Å². The van der Waals surface area contributed by atoms with Gasteiger partial charge in [0.1, 0.15) is 5.82 Å². The largest absolute Gasteiger partial charge is 0.308 e. The maximum absolute atomic E-state index is 14.1. The van der Waals surface area contributed by atoms with E-state index in [1.165, 1.54) is 23.4 Å². The zero-order valence-electron chi connectivity index (χ0n) is 16.0. The zero-order valence-corrected chi connectivity index (χ0v) is 16.8. The number of nitrogens with zero attached hydrogens (tertiary/aromatic N) is 4. The smallest absolute Gasteiger partial charge is 0.240 e. The summed E-state index contributed by atoms with van der Waals surface area (Å²) in [6.45, 7) is 3.94. The number of thioether (sulfide) groups is 1. The normalized spacial score (nSPS) is 16.9. The highest BCUT2D eigenvalue weighted by molar-refractivity contribution is 8.00. The topological polar surface area (TPSA) is 51.0 Å². The summed E-state index contributed by atoms with van der Waals surface area (Å²) in [6.07, 6.45) is 0.862. The maximum Gasteiger partial charge on any atom is 0.240 e. The summed E-state index contributed by atoms with van der Waals surface area (Å²) in [7, 11) is 1.79. The van der Waals surface area contributed by atoms with Gasteiger partial charge in [-0.2, -0.15) is 0 Å². The Morgan fingerprint density at radius 3 is 2.68 bits per heavy atom. The Morgan fingerprint density at radius 2 is 1.89 bits per heavy atom. The number of anilines is 1. The van der Waals surface area contributed by atoms with Crippen LogP contribution in [0.5, 0.6) is 0 Å². The van der Waals surface area contributed by atoms with Crippen LogP contribution in [0, 0.1) is 5.82 Å². The minimum atomic E-state index is -0.346. The summed E-state index contributed by atoms with van der Waals surface area (Å²) in [6, 6.07) is 14.6. The van der Waals surface area contributed by atoms with Crippen molar-refractivity contribution in [3.8, 4) is 11.4 Å². The van der Waals surface area contributed by atoms with Crippen molar-refractivity contribution in [1.29, 1.82) is 0 Å². The van der Waals surface area contributed by atoms with Crippen LogP contribution in [0.15, 0.2) is 53.7 Å². The Bertz CT molecular complexity index is 1030. The zero-order chi connectivity index (χ0) is 19.8. The highest BCUT2D eigenvalue weighted by Crippen LogP contribution is 2.35. The van der Waals surface area contributed by atoms with Gasteiger partial charge in [-0.05, 0) is 44.0 Å². The highest BCUT2D eigenvalue weighted by Gasteiger charge is 2.34. The maximum atomic E-state index is 14.1. The van der Waals surface area contributed by atoms with Crippen molar-refractivity contribution < 1.29 is 9.18 Å². The van der Waals surface area contributed by atoms with E-state index < -0.39 is 0 Å². The lowest BCUT2D eigenvalue weighted by Gasteiger charge is -2.25. The minimum absolute atomic E-state index is 0.0397. The SMILES string of the molecule is C[C@@H]1Cc2ccccc2N1C(=O)[C@@H](C)Sc1nnc(-c2ccccc2F)n1C. The van der Waals surface area contributed by atoms with Crippen LogP contribution in [0.1, 0.15) is 19.4 Å². The molecule has 2 atom stereocenters. The molecular formula is C21H21FN4OS. The van der Waals surface area contributed by atoms with E-state index in [0.717, 1.165) is 12.1 Å². The minimum Gasteiger partial charge on any atom is -0.308 e. The number of halogens is 1. The van der Waals surface area contributed by atoms with Crippen molar-refractivity contribution in [2.45, 2.75) is 36.7 Å². The van der Waals surface area contributed by atoms with Crippen LogP contribution in [0.25, 0.3) is 11.4 Å². The molecule has 0 bridgehead atoms. The number of hydrogen-bond donors (Lipinski definition) is 0. The second-order valence-electron chi connectivity index (χ2n) is 7.00. The van der Waals surface area contributed by atoms with E-state index in [1.807, 2.05) is 30.0 Å². The molecule has 0 saturated carbocycles. The fourth-order valence-corrected chi connectivity index (χ4v) is 4.46. The quantitative estimate of drug-likeness (QED) is 0.624. The first kappa shape index (κ1) is 18.7. The molecule has 28 heavy (non-hydrogen) atoms. The summed E-state index contributed by atoms with van der Waals surface area (Å²) >= 11 is 1.34. The third kappa shape index (κ3) is 3.20. The van der Waals surface area contributed by atoms with E-state index in [2.05, 4.69) is 23.2 Å². The van der Waals surface area contributed by atoms with Gasteiger partial charge in [0, 0.05) is 18.8 Å². The van der Waals surface area contributed by atoms with Crippen molar-refractivity contribution in [1.82, 2.24) is 14.8 Å². The van der Waals surface area contributed by atoms with Gasteiger partial charge in [-0.1, -0.05) is 42.1 Å². The molecule has 0 unspecified atom stereocenters. The van der Waals surface area contributed by atoms with Crippen LogP contribution >= 0.6 is 11.8 Å². The predicted molar refractivity (Wildman–Crippen MR) is 109 cm³/mol. The van der Waals surface area contributed by atoms with E-state index in [0.29, 0.717) is 16.5 Å². The molecule has 7 heteroatoms. The lowest BCUT2D eigenvalue weighted by atomic mass is 10.1. The van der Waals surface area contributed by atoms with Crippen LogP contribution in [0.4, 0.5) is 10.1 Å². The van der Waals surface area contributed by atoms with Gasteiger partial charge in [0.15, 0.2) is 11.0 Å². The fraction of sp³-hybridized carbons (Fsp3) is 0.286. The molecule has 144 valence electrons. The number of fused-ring (bicyclic) bond motifs is 1. The molecule has 1 aliphatic heterocycles. The van der Waals surface area contributed by atoms with Crippen molar-refractivity contribution in [3.05, 3.63) is 59.9 Å².